The van der Waals surface area contributed by atoms with E-state index in [2.05, 4.69) is 10.3 Å². The Morgan fingerprint density at radius 3 is 2.48 bits per heavy atom. The molecule has 0 saturated heterocycles. The summed E-state index contributed by atoms with van der Waals surface area (Å²) >= 11 is 1.30. The number of carbonyl (C=O) groups is 1. The summed E-state index contributed by atoms with van der Waals surface area (Å²) in [6, 6.07) is 13.4. The zero-order chi connectivity index (χ0) is 21.0. The Morgan fingerprint density at radius 2 is 1.83 bits per heavy atom. The van der Waals surface area contributed by atoms with Gasteiger partial charge in [-0.2, -0.15) is 0 Å². The van der Waals surface area contributed by atoms with Gasteiger partial charge >= 0.3 is 0 Å². The molecule has 0 saturated carbocycles. The molecule has 0 fully saturated rings. The molecule has 29 heavy (non-hydrogen) atoms. The molecule has 9 heteroatoms. The molecular formula is C20H21N3O4S2. The average Bonchev–Trinajstić information content (AvgIpc) is 3.17. The smallest absolute Gasteiger partial charge is 0.257 e. The van der Waals surface area contributed by atoms with Crippen molar-refractivity contribution in [1.82, 2.24) is 9.29 Å². The summed E-state index contributed by atoms with van der Waals surface area (Å²) in [6.07, 6.45) is 0. The number of hydrogen-bond acceptors (Lipinski definition) is 6. The first-order chi connectivity index (χ1) is 13.8. The third-order valence-electron chi connectivity index (χ3n) is 4.08. The quantitative estimate of drug-likeness (QED) is 0.616. The van der Waals surface area contributed by atoms with E-state index in [0.717, 1.165) is 15.6 Å². The molecule has 3 rings (SSSR count). The van der Waals surface area contributed by atoms with Gasteiger partial charge in [0, 0.05) is 30.6 Å². The number of ether oxygens (including phenoxy) is 1. The van der Waals surface area contributed by atoms with Gasteiger partial charge in [-0.1, -0.05) is 12.1 Å². The van der Waals surface area contributed by atoms with Crippen LogP contribution in [0.5, 0.6) is 5.75 Å². The number of para-hydroxylation sites is 1. The highest BCUT2D eigenvalue weighted by Gasteiger charge is 2.18. The van der Waals surface area contributed by atoms with Crippen LogP contribution in [0.3, 0.4) is 0 Å². The van der Waals surface area contributed by atoms with E-state index in [1.54, 1.807) is 0 Å². The molecule has 0 spiro atoms. The molecule has 0 atom stereocenters. The number of hydrogen-bond donors (Lipinski definition) is 1. The van der Waals surface area contributed by atoms with Crippen molar-refractivity contribution in [2.24, 2.45) is 0 Å². The molecule has 0 unspecified atom stereocenters. The first-order valence-electron chi connectivity index (χ1n) is 8.84. The molecule has 7 nitrogen and oxygen atoms in total. The number of nitrogens with one attached hydrogen (secondary N) is 1. The van der Waals surface area contributed by atoms with Crippen LogP contribution in [-0.2, 0) is 10.0 Å². The number of thiazole rings is 1. The first kappa shape index (κ1) is 21.0. The van der Waals surface area contributed by atoms with E-state index in [4.69, 9.17) is 4.74 Å². The molecule has 1 amide bonds. The van der Waals surface area contributed by atoms with Gasteiger partial charge < -0.3 is 4.74 Å². The van der Waals surface area contributed by atoms with E-state index >= 15 is 0 Å². The van der Waals surface area contributed by atoms with Crippen LogP contribution in [0.1, 0.15) is 17.3 Å². The van der Waals surface area contributed by atoms with Gasteiger partial charge in [0.2, 0.25) is 10.0 Å². The number of nitrogens with zero attached hydrogens (tertiary/aromatic N) is 2. The Kier molecular flexibility index (Phi) is 6.31. The van der Waals surface area contributed by atoms with Crippen molar-refractivity contribution >= 4 is 32.4 Å². The van der Waals surface area contributed by atoms with E-state index in [1.807, 2.05) is 36.6 Å². The summed E-state index contributed by atoms with van der Waals surface area (Å²) in [5.74, 6) is 0.369. The van der Waals surface area contributed by atoms with Gasteiger partial charge in [-0.3, -0.25) is 10.1 Å². The zero-order valence-electron chi connectivity index (χ0n) is 16.2. The number of benzene rings is 2. The molecule has 0 aliphatic rings. The Morgan fingerprint density at radius 1 is 1.14 bits per heavy atom. The maximum atomic E-state index is 12.5. The number of carbonyl (C=O) groups excluding carboxylic acids is 1. The molecular weight excluding hydrogens is 410 g/mol. The number of amides is 1. The first-order valence-corrected chi connectivity index (χ1v) is 11.2. The van der Waals surface area contributed by atoms with Crippen molar-refractivity contribution in [3.05, 3.63) is 59.5 Å². The number of aromatic nitrogens is 1. The Bertz CT molecular complexity index is 1110. The average molecular weight is 432 g/mol. The van der Waals surface area contributed by atoms with Gasteiger partial charge in [-0.15, -0.1) is 11.3 Å². The lowest BCUT2D eigenvalue weighted by molar-refractivity contribution is 0.102. The standard InChI is InChI=1S/C20H21N3O4S2/c1-4-27-18-8-6-5-7-16(18)17-13-28-20(21-17)22-19(24)14-9-11-15(12-10-14)29(25,26)23(2)3/h5-13H,4H2,1-3H3,(H,21,22,24). The fraction of sp³-hybridized carbons (Fsp3) is 0.200. The van der Waals surface area contributed by atoms with E-state index in [-0.39, 0.29) is 10.8 Å². The number of sulfonamides is 1. The number of anilines is 1. The van der Waals surface area contributed by atoms with Crippen LogP contribution >= 0.6 is 11.3 Å². The van der Waals surface area contributed by atoms with Gasteiger partial charge in [0.1, 0.15) is 5.75 Å². The minimum atomic E-state index is -3.53. The van der Waals surface area contributed by atoms with Crippen molar-refractivity contribution in [2.45, 2.75) is 11.8 Å². The van der Waals surface area contributed by atoms with Crippen molar-refractivity contribution in [3.63, 3.8) is 0 Å². The maximum Gasteiger partial charge on any atom is 0.257 e. The normalized spacial score (nSPS) is 11.4. The Hall–Kier alpha value is -2.75. The van der Waals surface area contributed by atoms with Crippen LogP contribution in [-0.4, -0.2) is 44.3 Å². The van der Waals surface area contributed by atoms with Gasteiger partial charge in [-0.05, 0) is 43.3 Å². The third kappa shape index (κ3) is 4.64. The van der Waals surface area contributed by atoms with Gasteiger partial charge in [0.15, 0.2) is 5.13 Å². The molecule has 1 heterocycles. The Balaban J connectivity index is 1.76. The highest BCUT2D eigenvalue weighted by molar-refractivity contribution is 7.89. The fourth-order valence-electron chi connectivity index (χ4n) is 2.57. The lowest BCUT2D eigenvalue weighted by atomic mass is 10.1. The van der Waals surface area contributed by atoms with Crippen LogP contribution < -0.4 is 10.1 Å². The van der Waals surface area contributed by atoms with E-state index in [0.29, 0.717) is 23.0 Å². The largest absolute Gasteiger partial charge is 0.493 e. The third-order valence-corrected chi connectivity index (χ3v) is 6.67. The molecule has 0 aliphatic heterocycles. The van der Waals surface area contributed by atoms with E-state index in [1.165, 1.54) is 49.7 Å². The van der Waals surface area contributed by atoms with E-state index in [9.17, 15) is 13.2 Å². The summed E-state index contributed by atoms with van der Waals surface area (Å²) in [7, 11) is -0.619. The molecule has 2 aromatic carbocycles. The van der Waals surface area contributed by atoms with Crippen LogP contribution in [0, 0.1) is 0 Å². The molecule has 3 aromatic rings. The second kappa shape index (κ2) is 8.73. The minimum absolute atomic E-state index is 0.128. The van der Waals surface area contributed by atoms with E-state index < -0.39 is 10.0 Å². The number of rotatable bonds is 7. The topological polar surface area (TPSA) is 88.6 Å². The lowest BCUT2D eigenvalue weighted by Gasteiger charge is -2.11. The van der Waals surface area contributed by atoms with Gasteiger partial charge in [0.25, 0.3) is 5.91 Å². The summed E-state index contributed by atoms with van der Waals surface area (Å²) in [4.78, 5) is 17.1. The molecule has 0 radical (unpaired) electrons. The zero-order valence-corrected chi connectivity index (χ0v) is 17.9. The molecule has 152 valence electrons. The second-order valence-corrected chi connectivity index (χ2v) is 9.24. The van der Waals surface area contributed by atoms with Crippen molar-refractivity contribution in [1.29, 1.82) is 0 Å². The lowest BCUT2D eigenvalue weighted by Crippen LogP contribution is -2.22. The molecule has 1 N–H and O–H groups in total. The predicted octanol–water partition coefficient (Wildman–Crippen LogP) is 3.71. The minimum Gasteiger partial charge on any atom is -0.493 e. The van der Waals surface area contributed by atoms with Gasteiger partial charge in [-0.25, -0.2) is 17.7 Å². The van der Waals surface area contributed by atoms with Crippen LogP contribution in [0.4, 0.5) is 5.13 Å². The van der Waals surface area contributed by atoms with Crippen molar-refractivity contribution < 1.29 is 17.9 Å². The van der Waals surface area contributed by atoms with Crippen LogP contribution in [0.15, 0.2) is 58.8 Å². The highest BCUT2D eigenvalue weighted by atomic mass is 32.2. The van der Waals surface area contributed by atoms with Crippen LogP contribution in [0.2, 0.25) is 0 Å². The SMILES string of the molecule is CCOc1ccccc1-c1csc(NC(=O)c2ccc(S(=O)(=O)N(C)C)cc2)n1. The van der Waals surface area contributed by atoms with Crippen LogP contribution in [0.25, 0.3) is 11.3 Å². The second-order valence-electron chi connectivity index (χ2n) is 6.23. The van der Waals surface area contributed by atoms with Gasteiger partial charge in [0.05, 0.1) is 17.2 Å². The summed E-state index contributed by atoms with van der Waals surface area (Å²) in [5, 5.41) is 5.04. The van der Waals surface area contributed by atoms with Crippen molar-refractivity contribution in [2.75, 3.05) is 26.0 Å². The monoisotopic (exact) mass is 431 g/mol. The van der Waals surface area contributed by atoms with Crippen molar-refractivity contribution in [3.8, 4) is 17.0 Å². The molecule has 0 bridgehead atoms. The summed E-state index contributed by atoms with van der Waals surface area (Å²) in [6.45, 7) is 2.46. The predicted molar refractivity (Wildman–Crippen MR) is 114 cm³/mol. The molecule has 0 aliphatic carbocycles. The Labute approximate surface area is 174 Å². The fourth-order valence-corrected chi connectivity index (χ4v) is 4.18. The highest BCUT2D eigenvalue weighted by Crippen LogP contribution is 2.32. The summed E-state index contributed by atoms with van der Waals surface area (Å²) in [5.41, 5.74) is 1.90. The molecule has 1 aromatic heterocycles. The summed E-state index contributed by atoms with van der Waals surface area (Å²) < 4.78 is 31.0. The maximum absolute atomic E-state index is 12.5.